The molecule has 0 aliphatic rings. The minimum atomic E-state index is -2.92. The lowest BCUT2D eigenvalue weighted by Gasteiger charge is -2.20. The molecule has 1 aromatic rings. The van der Waals surface area contributed by atoms with Crippen molar-refractivity contribution >= 4 is 17.7 Å². The van der Waals surface area contributed by atoms with Crippen molar-refractivity contribution in [3.63, 3.8) is 0 Å². The average molecular weight is 302 g/mol. The third-order valence-corrected chi connectivity index (χ3v) is 2.44. The highest BCUT2D eigenvalue weighted by Crippen LogP contribution is 2.18. The van der Waals surface area contributed by atoms with Gasteiger partial charge in [0.15, 0.2) is 0 Å². The Labute approximate surface area is 120 Å². The Morgan fingerprint density at radius 2 is 1.95 bits per heavy atom. The lowest BCUT2D eigenvalue weighted by Crippen LogP contribution is -2.39. The third kappa shape index (κ3) is 6.07. The summed E-state index contributed by atoms with van der Waals surface area (Å²) in [6, 6.07) is 4.77. The van der Waals surface area contributed by atoms with E-state index in [1.54, 1.807) is 0 Å². The number of anilines is 1. The summed E-state index contributed by atoms with van der Waals surface area (Å²) in [4.78, 5) is 23.7. The van der Waals surface area contributed by atoms with E-state index in [1.165, 1.54) is 24.3 Å². The Balaban J connectivity index is 2.65. The zero-order valence-corrected chi connectivity index (χ0v) is 11.4. The molecule has 2 N–H and O–H groups in total. The molecule has 8 heteroatoms. The van der Waals surface area contributed by atoms with E-state index in [-0.39, 0.29) is 5.75 Å². The topological polar surface area (TPSA) is 78.9 Å². The predicted octanol–water partition coefficient (Wildman–Crippen LogP) is 2.62. The molecular weight excluding hydrogens is 286 g/mol. The molecule has 0 saturated heterocycles. The van der Waals surface area contributed by atoms with Crippen LogP contribution in [-0.2, 0) is 4.79 Å². The van der Waals surface area contributed by atoms with E-state index in [9.17, 15) is 18.4 Å². The van der Waals surface area contributed by atoms with Gasteiger partial charge in [0.2, 0.25) is 0 Å². The van der Waals surface area contributed by atoms with Crippen LogP contribution in [0, 0.1) is 0 Å². The summed E-state index contributed by atoms with van der Waals surface area (Å²) in [6.45, 7) is -1.21. The molecule has 0 unspecified atom stereocenters. The number of rotatable bonds is 7. The van der Waals surface area contributed by atoms with Gasteiger partial charge in [-0.25, -0.2) is 4.79 Å². The van der Waals surface area contributed by atoms with Crippen LogP contribution in [0.4, 0.5) is 19.3 Å². The number of nitrogens with zero attached hydrogens (tertiary/aromatic N) is 1. The van der Waals surface area contributed by atoms with Gasteiger partial charge in [-0.1, -0.05) is 6.92 Å². The van der Waals surface area contributed by atoms with Crippen LogP contribution < -0.4 is 10.1 Å². The molecule has 0 aliphatic heterocycles. The van der Waals surface area contributed by atoms with Crippen LogP contribution in [0.15, 0.2) is 24.3 Å². The van der Waals surface area contributed by atoms with Crippen LogP contribution in [0.1, 0.15) is 13.3 Å². The summed E-state index contributed by atoms with van der Waals surface area (Å²) in [5.41, 5.74) is 0.355. The van der Waals surface area contributed by atoms with E-state index in [0.717, 1.165) is 4.90 Å². The molecule has 0 bridgehead atoms. The van der Waals surface area contributed by atoms with Crippen molar-refractivity contribution in [3.05, 3.63) is 24.3 Å². The molecule has 2 amide bonds. The number of carboxylic acid groups (broad SMARTS) is 1. The standard InChI is InChI=1S/C13H16F2N2O4/c1-2-7-17(8-11(18)19)13(20)16-9-3-5-10(6-4-9)21-12(14)15/h3-6,12H,2,7-8H2,1H3,(H,16,20)(H,18,19). The van der Waals surface area contributed by atoms with Crippen LogP contribution in [0.5, 0.6) is 5.75 Å². The first kappa shape index (κ1) is 16.7. The molecule has 6 nitrogen and oxygen atoms in total. The van der Waals surface area contributed by atoms with E-state index in [0.29, 0.717) is 18.7 Å². The first-order valence-electron chi connectivity index (χ1n) is 6.25. The maximum absolute atomic E-state index is 12.0. The number of carbonyl (C=O) groups excluding carboxylic acids is 1. The second-order valence-electron chi connectivity index (χ2n) is 4.15. The van der Waals surface area contributed by atoms with Crippen molar-refractivity contribution < 1.29 is 28.2 Å². The van der Waals surface area contributed by atoms with Crippen molar-refractivity contribution in [1.82, 2.24) is 4.90 Å². The van der Waals surface area contributed by atoms with Gasteiger partial charge in [-0.15, -0.1) is 0 Å². The summed E-state index contributed by atoms with van der Waals surface area (Å²) in [7, 11) is 0. The highest BCUT2D eigenvalue weighted by atomic mass is 19.3. The summed E-state index contributed by atoms with van der Waals surface area (Å²) in [5, 5.41) is 11.2. The van der Waals surface area contributed by atoms with Crippen LogP contribution in [-0.4, -0.2) is 41.7 Å². The average Bonchev–Trinajstić information content (AvgIpc) is 2.39. The predicted molar refractivity (Wildman–Crippen MR) is 71.6 cm³/mol. The fourth-order valence-electron chi connectivity index (χ4n) is 1.61. The number of nitrogens with one attached hydrogen (secondary N) is 1. The molecule has 116 valence electrons. The molecule has 0 aromatic heterocycles. The number of hydrogen-bond acceptors (Lipinski definition) is 3. The molecule has 1 aromatic carbocycles. The van der Waals surface area contributed by atoms with E-state index < -0.39 is 25.2 Å². The normalized spacial score (nSPS) is 10.3. The fraction of sp³-hybridized carbons (Fsp3) is 0.385. The second kappa shape index (κ2) is 8.03. The lowest BCUT2D eigenvalue weighted by molar-refractivity contribution is -0.137. The van der Waals surface area contributed by atoms with E-state index in [1.807, 2.05) is 6.92 Å². The maximum atomic E-state index is 12.0. The van der Waals surface area contributed by atoms with Crippen molar-refractivity contribution in [1.29, 1.82) is 0 Å². The number of alkyl halides is 2. The number of aliphatic carboxylic acids is 1. The van der Waals surface area contributed by atoms with Gasteiger partial charge in [-0.3, -0.25) is 4.79 Å². The highest BCUT2D eigenvalue weighted by Gasteiger charge is 2.16. The largest absolute Gasteiger partial charge is 0.480 e. The van der Waals surface area contributed by atoms with Crippen molar-refractivity contribution in [3.8, 4) is 5.75 Å². The number of urea groups is 1. The van der Waals surface area contributed by atoms with Crippen molar-refractivity contribution in [2.75, 3.05) is 18.4 Å². The number of carboxylic acids is 1. The maximum Gasteiger partial charge on any atom is 0.387 e. The quantitative estimate of drug-likeness (QED) is 0.811. The molecule has 1 rings (SSSR count). The Morgan fingerprint density at radius 3 is 2.43 bits per heavy atom. The van der Waals surface area contributed by atoms with E-state index >= 15 is 0 Å². The summed E-state index contributed by atoms with van der Waals surface area (Å²) in [6.07, 6.45) is 0.613. The van der Waals surface area contributed by atoms with Crippen LogP contribution >= 0.6 is 0 Å². The molecule has 0 aliphatic carbocycles. The molecule has 21 heavy (non-hydrogen) atoms. The summed E-state index contributed by atoms with van der Waals surface area (Å²) in [5.74, 6) is -1.14. The van der Waals surface area contributed by atoms with Crippen molar-refractivity contribution in [2.45, 2.75) is 20.0 Å². The molecule has 0 atom stereocenters. The van der Waals surface area contributed by atoms with Gasteiger partial charge in [0.05, 0.1) is 0 Å². The minimum absolute atomic E-state index is 0.0288. The van der Waals surface area contributed by atoms with Gasteiger partial charge in [0.1, 0.15) is 12.3 Å². The van der Waals surface area contributed by atoms with E-state index in [2.05, 4.69) is 10.1 Å². The van der Waals surface area contributed by atoms with Crippen LogP contribution in [0.25, 0.3) is 0 Å². The number of carbonyl (C=O) groups is 2. The number of amides is 2. The monoisotopic (exact) mass is 302 g/mol. The summed E-state index contributed by atoms with van der Waals surface area (Å²) < 4.78 is 28.2. The molecule has 0 heterocycles. The van der Waals surface area contributed by atoms with Gasteiger partial charge in [0.25, 0.3) is 0 Å². The van der Waals surface area contributed by atoms with E-state index in [4.69, 9.17) is 5.11 Å². The van der Waals surface area contributed by atoms with Gasteiger partial charge in [0, 0.05) is 12.2 Å². The van der Waals surface area contributed by atoms with Gasteiger partial charge < -0.3 is 20.1 Å². The minimum Gasteiger partial charge on any atom is -0.480 e. The Kier molecular flexibility index (Phi) is 6.38. The molecule has 0 fully saturated rings. The third-order valence-electron chi connectivity index (χ3n) is 2.44. The molecular formula is C13H16F2N2O4. The highest BCUT2D eigenvalue weighted by molar-refractivity contribution is 5.91. The molecule has 0 radical (unpaired) electrons. The number of ether oxygens (including phenoxy) is 1. The Bertz CT molecular complexity index is 480. The number of hydrogen-bond donors (Lipinski definition) is 2. The van der Waals surface area contributed by atoms with Crippen LogP contribution in [0.3, 0.4) is 0 Å². The fourth-order valence-corrected chi connectivity index (χ4v) is 1.61. The van der Waals surface area contributed by atoms with Gasteiger partial charge in [-0.05, 0) is 30.7 Å². The van der Waals surface area contributed by atoms with Gasteiger partial charge >= 0.3 is 18.6 Å². The molecule has 0 saturated carbocycles. The molecule has 0 spiro atoms. The number of benzene rings is 1. The van der Waals surface area contributed by atoms with Crippen LogP contribution in [0.2, 0.25) is 0 Å². The second-order valence-corrected chi connectivity index (χ2v) is 4.15. The zero-order chi connectivity index (χ0) is 15.8. The Hall–Kier alpha value is -2.38. The van der Waals surface area contributed by atoms with Gasteiger partial charge in [-0.2, -0.15) is 8.78 Å². The van der Waals surface area contributed by atoms with Crippen molar-refractivity contribution in [2.24, 2.45) is 0 Å². The lowest BCUT2D eigenvalue weighted by atomic mass is 10.3. The Morgan fingerprint density at radius 1 is 1.33 bits per heavy atom. The summed E-state index contributed by atoms with van der Waals surface area (Å²) >= 11 is 0. The zero-order valence-electron chi connectivity index (χ0n) is 11.4. The SMILES string of the molecule is CCCN(CC(=O)O)C(=O)Nc1ccc(OC(F)F)cc1. The first-order chi connectivity index (χ1) is 9.92. The first-order valence-corrected chi connectivity index (χ1v) is 6.25. The number of halogens is 2. The smallest absolute Gasteiger partial charge is 0.387 e.